The van der Waals surface area contributed by atoms with Gasteiger partial charge in [0.1, 0.15) is 11.5 Å². The van der Waals surface area contributed by atoms with E-state index in [2.05, 4.69) is 146 Å². The van der Waals surface area contributed by atoms with Gasteiger partial charge >= 0.3 is 35.8 Å². The Morgan fingerprint density at radius 2 is 0.643 bits per heavy atom. The maximum atomic E-state index is 13.5. The Morgan fingerprint density at radius 1 is 0.349 bits per heavy atom. The van der Waals surface area contributed by atoms with Crippen molar-refractivity contribution in [1.82, 2.24) is 0 Å². The molecule has 0 saturated carbocycles. The quantitative estimate of drug-likeness (QED) is 0.0216. The molecule has 0 aliphatic heterocycles. The molecule has 0 radical (unpaired) electrons. The molecular formula is C110H144O16. The number of carbonyl (C=O) groups is 6. The van der Waals surface area contributed by atoms with Crippen molar-refractivity contribution >= 4 is 35.8 Å². The zero-order valence-electron chi connectivity index (χ0n) is 79.5. The minimum Gasteiger partial charge on any atom is -0.507 e. The predicted octanol–water partition coefficient (Wildman–Crippen LogP) is 26.4. The summed E-state index contributed by atoms with van der Waals surface area (Å²) in [7, 11) is 1.79. The van der Waals surface area contributed by atoms with E-state index < -0.39 is 23.9 Å². The second kappa shape index (κ2) is 48.7. The van der Waals surface area contributed by atoms with Crippen molar-refractivity contribution in [3.8, 4) is 34.5 Å². The summed E-state index contributed by atoms with van der Waals surface area (Å²) in [5, 5.41) is 30.6. The molecule has 0 unspecified atom stereocenters. The highest BCUT2D eigenvalue weighted by molar-refractivity contribution is 5.94. The summed E-state index contributed by atoms with van der Waals surface area (Å²) in [6, 6.07) is 35.3. The second-order valence-electron chi connectivity index (χ2n) is 36.9. The second-order valence-corrected chi connectivity index (χ2v) is 36.9. The van der Waals surface area contributed by atoms with Crippen LogP contribution >= 0.6 is 0 Å². The third-order valence-electron chi connectivity index (χ3n) is 26.1. The minimum absolute atomic E-state index is 0.0132. The van der Waals surface area contributed by atoms with Gasteiger partial charge in [0.25, 0.3) is 0 Å². The highest BCUT2D eigenvalue weighted by atomic mass is 16.6. The molecule has 11 rings (SSSR count). The van der Waals surface area contributed by atoms with Gasteiger partial charge in [-0.3, -0.25) is 14.4 Å². The van der Waals surface area contributed by atoms with E-state index in [0.717, 1.165) is 140 Å². The van der Waals surface area contributed by atoms with Crippen molar-refractivity contribution in [1.29, 1.82) is 0 Å². The molecule has 7 aromatic carbocycles. The lowest BCUT2D eigenvalue weighted by atomic mass is 9.70. The Kier molecular flexibility index (Phi) is 39.1. The topological polar surface area (TPSA) is 228 Å². The van der Waals surface area contributed by atoms with Crippen LogP contribution in [0.5, 0.6) is 34.5 Å². The average Bonchev–Trinajstić information content (AvgIpc) is 0.761. The Labute approximate surface area is 752 Å². The molecule has 7 aromatic rings. The van der Waals surface area contributed by atoms with Crippen LogP contribution < -0.4 is 23.7 Å². The van der Waals surface area contributed by atoms with E-state index in [1.807, 2.05) is 57.2 Å². The Bertz CT molecular complexity index is 4970. The molecule has 16 heteroatoms. The number of aryl methyl sites for hydroxylation is 4. The number of benzene rings is 7. The third-order valence-corrected chi connectivity index (χ3v) is 26.1. The van der Waals surface area contributed by atoms with Gasteiger partial charge in [-0.15, -0.1) is 0 Å². The number of rotatable bonds is 30. The number of phenols is 1. The van der Waals surface area contributed by atoms with Crippen molar-refractivity contribution < 1.29 is 77.2 Å². The molecule has 0 fully saturated rings. The molecular weight excluding hydrogens is 1580 g/mol. The van der Waals surface area contributed by atoms with E-state index in [9.17, 15) is 44.1 Å². The number of hydrogen-bond donors (Lipinski definition) is 3. The lowest BCUT2D eigenvalue weighted by molar-refractivity contribution is -0.142. The highest BCUT2D eigenvalue weighted by Crippen LogP contribution is 2.56. The number of fused-ring (bicyclic) bond motifs is 4. The van der Waals surface area contributed by atoms with Gasteiger partial charge in [-0.2, -0.15) is 0 Å². The van der Waals surface area contributed by atoms with Gasteiger partial charge in [0.2, 0.25) is 0 Å². The first kappa shape index (κ1) is 101. The number of methoxy groups -OCH3 is 1. The van der Waals surface area contributed by atoms with Gasteiger partial charge in [-0.05, 0) is 351 Å². The fraction of sp³-hybridized carbons (Fsp3) is 0.491. The van der Waals surface area contributed by atoms with Crippen molar-refractivity contribution in [2.75, 3.05) is 33.5 Å². The van der Waals surface area contributed by atoms with Crippen LogP contribution in [0.2, 0.25) is 0 Å². The van der Waals surface area contributed by atoms with E-state index in [1.54, 1.807) is 67.8 Å². The SMILES string of the molecule is CC(=O)OC[C@@H](CCC=C(C)C)[C@@H]1CC[C@@H](C)c2c1cc(C)c(OC(C)=O)c2OC(C)=O.CC(C)=CCC[C@H](CO)[C@@H]1CC[C@@H](C)c2c1cc(C)c(C)c2O.CC(C)=CCC[C@H](COC(=O)c1ccccc1)[C@@H]1CC[C@@H](C)c2c1cc(C)c(OC(=O)c1ccccc1)c2OC(=O)c1ccccc1.COc1c(C)c(C)cc2c1[C@H](C)CC[C@H]2[C@@H](CO)CCC=C(C)C. The van der Waals surface area contributed by atoms with Crippen molar-refractivity contribution in [2.45, 2.75) is 295 Å². The number of carbonyl (C=O) groups excluding carboxylic acids is 6. The molecule has 0 aromatic heterocycles. The molecule has 0 heterocycles. The van der Waals surface area contributed by atoms with E-state index >= 15 is 0 Å². The maximum absolute atomic E-state index is 13.5. The summed E-state index contributed by atoms with van der Waals surface area (Å²) in [6.07, 6.45) is 24.6. The predicted molar refractivity (Wildman–Crippen MR) is 506 cm³/mol. The summed E-state index contributed by atoms with van der Waals surface area (Å²) in [5.41, 5.74) is 21.7. The molecule has 0 spiro atoms. The molecule has 3 N–H and O–H groups in total. The van der Waals surface area contributed by atoms with Gasteiger partial charge in [0.05, 0.1) is 37.0 Å². The lowest BCUT2D eigenvalue weighted by Gasteiger charge is -2.36. The van der Waals surface area contributed by atoms with Gasteiger partial charge in [-0.1, -0.05) is 153 Å². The normalized spacial score (nSPS) is 18.5. The summed E-state index contributed by atoms with van der Waals surface area (Å²) in [4.78, 5) is 75.1. The molecule has 0 saturated heterocycles. The minimum atomic E-state index is -0.530. The first-order chi connectivity index (χ1) is 60.0. The zero-order valence-corrected chi connectivity index (χ0v) is 79.5. The smallest absolute Gasteiger partial charge is 0.343 e. The van der Waals surface area contributed by atoms with Crippen LogP contribution in [0.15, 0.2) is 162 Å². The molecule has 16 nitrogen and oxygen atoms in total. The number of esters is 6. The zero-order chi connectivity index (χ0) is 92.3. The average molecular weight is 1720 g/mol. The Balaban J connectivity index is 0.000000218. The summed E-state index contributed by atoms with van der Waals surface area (Å²) in [6.45, 7) is 42.9. The fourth-order valence-corrected chi connectivity index (χ4v) is 19.1. The molecule has 4 aliphatic rings. The molecule has 12 atom stereocenters. The van der Waals surface area contributed by atoms with Crippen molar-refractivity contribution in [2.24, 2.45) is 23.7 Å². The lowest BCUT2D eigenvalue weighted by Crippen LogP contribution is -2.26. The molecule has 126 heavy (non-hydrogen) atoms. The van der Waals surface area contributed by atoms with Crippen LogP contribution in [0.1, 0.15) is 363 Å². The van der Waals surface area contributed by atoms with E-state index in [0.29, 0.717) is 75.7 Å². The van der Waals surface area contributed by atoms with Crippen LogP contribution in [0, 0.1) is 65.2 Å². The van der Waals surface area contributed by atoms with Crippen LogP contribution in [0.3, 0.4) is 0 Å². The number of ether oxygens (including phenoxy) is 7. The first-order valence-electron chi connectivity index (χ1n) is 45.9. The first-order valence-corrected chi connectivity index (χ1v) is 45.9. The third kappa shape index (κ3) is 27.4. The van der Waals surface area contributed by atoms with Crippen molar-refractivity contribution in [3.63, 3.8) is 0 Å². The largest absolute Gasteiger partial charge is 0.507 e. The Hall–Kier alpha value is -10.2. The molecule has 4 aliphatic carbocycles. The summed E-state index contributed by atoms with van der Waals surface area (Å²) < 4.78 is 40.5. The number of aliphatic hydroxyl groups is 2. The van der Waals surface area contributed by atoms with Crippen LogP contribution in [-0.4, -0.2) is 84.7 Å². The van der Waals surface area contributed by atoms with Crippen LogP contribution in [-0.2, 0) is 23.9 Å². The summed E-state index contributed by atoms with van der Waals surface area (Å²) >= 11 is 0. The number of aromatic hydroxyl groups is 1. The van der Waals surface area contributed by atoms with Crippen LogP contribution in [0.25, 0.3) is 0 Å². The van der Waals surface area contributed by atoms with E-state index in [1.165, 1.54) is 83.7 Å². The van der Waals surface area contributed by atoms with Gasteiger partial charge in [0, 0.05) is 68.1 Å². The molecule has 680 valence electrons. The van der Waals surface area contributed by atoms with Crippen molar-refractivity contribution in [3.05, 3.63) is 256 Å². The highest BCUT2D eigenvalue weighted by Gasteiger charge is 2.41. The van der Waals surface area contributed by atoms with E-state index in [-0.39, 0.29) is 84.7 Å². The van der Waals surface area contributed by atoms with E-state index in [4.69, 9.17) is 33.2 Å². The fourth-order valence-electron chi connectivity index (χ4n) is 19.1. The maximum Gasteiger partial charge on any atom is 0.343 e. The van der Waals surface area contributed by atoms with Crippen LogP contribution in [0.4, 0.5) is 0 Å². The number of phenolic OH excluding ortho intramolecular Hbond substituents is 1. The van der Waals surface area contributed by atoms with Gasteiger partial charge < -0.3 is 48.5 Å². The monoisotopic (exact) mass is 1720 g/mol. The summed E-state index contributed by atoms with van der Waals surface area (Å²) in [5.74, 6) is 2.94. The number of hydrogen-bond acceptors (Lipinski definition) is 16. The number of aliphatic hydroxyl groups excluding tert-OH is 2. The number of allylic oxidation sites excluding steroid dienone is 8. The standard InChI is InChI=1S/C41H42O6.C26H36O6.C22H34O2.C21H32O2/c1-27(2)15-14-22-33(26-45-39(42)30-16-8-5-9-17-30)34-24-23-28(3)36-35(34)25-29(4)37(46-40(43)31-18-10-6-11-19-31)38(36)47-41(44)32-20-12-7-13-21-32;1-15(2)9-8-10-21(14-30-18(5)27)22-12-11-16(3)24-23(22)13-17(4)25(31-19(6)28)26(24)32-20(7)29;1-14(2)8-7-9-18(13-23)19-11-10-15(3)21-20(19)12-16(4)17(5)22(21)24-6;1-13(2)7-6-8-17(12-22)18-10-9-14(3)20-19(18)11-15(4)16(5)21(20)23/h5-13,15-21,25,28,33-34H,14,22-24,26H2,1-4H3;9,13,16,21-22H,8,10-12,14H2,1-7H3;8,12,15,18-19,23H,7,9-11,13H2,1-6H3;7,11,14,17-18,22-23H,6,8-10,12H2,1-5H3/t28-,33-,34+;16-,21-,22+;15-,18-,19+;14-,17-,18+/m1111/s1. The van der Waals surface area contributed by atoms with Gasteiger partial charge in [-0.25, -0.2) is 14.4 Å². The molecule has 0 bridgehead atoms. The Morgan fingerprint density at radius 3 is 1.00 bits per heavy atom. The molecule has 0 amide bonds. The van der Waals surface area contributed by atoms with Gasteiger partial charge in [0.15, 0.2) is 23.0 Å².